The first-order valence-corrected chi connectivity index (χ1v) is 5.91. The Bertz CT molecular complexity index is 439. The molecule has 1 aromatic rings. The summed E-state index contributed by atoms with van der Waals surface area (Å²) in [5.41, 5.74) is 0.929. The number of nitriles is 1. The van der Waals surface area contributed by atoms with Crippen molar-refractivity contribution in [3.8, 4) is 6.07 Å². The Kier molecular flexibility index (Phi) is 4.99. The molecule has 0 heterocycles. The lowest BCUT2D eigenvalue weighted by atomic mass is 10.1. The van der Waals surface area contributed by atoms with E-state index < -0.39 is 5.92 Å². The SMILES string of the molecule is CCC(C#N)C(=O)NC(C)c1cccc(Cl)c1. The Morgan fingerprint density at radius 2 is 2.29 bits per heavy atom. The van der Waals surface area contributed by atoms with Crippen LogP contribution in [0.1, 0.15) is 31.9 Å². The average Bonchev–Trinajstić information content (AvgIpc) is 2.30. The molecule has 1 N–H and O–H groups in total. The van der Waals surface area contributed by atoms with Crippen LogP contribution in [0.15, 0.2) is 24.3 Å². The summed E-state index contributed by atoms with van der Waals surface area (Å²) in [6.45, 7) is 3.69. The molecule has 4 heteroatoms. The van der Waals surface area contributed by atoms with Crippen molar-refractivity contribution in [3.05, 3.63) is 34.9 Å². The first-order chi connectivity index (χ1) is 8.08. The van der Waals surface area contributed by atoms with Gasteiger partial charge in [-0.1, -0.05) is 30.7 Å². The van der Waals surface area contributed by atoms with Crippen LogP contribution >= 0.6 is 11.6 Å². The lowest BCUT2D eigenvalue weighted by molar-refractivity contribution is -0.124. The topological polar surface area (TPSA) is 52.9 Å². The molecule has 0 saturated heterocycles. The van der Waals surface area contributed by atoms with Crippen LogP contribution in [0, 0.1) is 17.2 Å². The van der Waals surface area contributed by atoms with E-state index in [1.165, 1.54) is 0 Å². The van der Waals surface area contributed by atoms with E-state index in [0.29, 0.717) is 11.4 Å². The predicted octanol–water partition coefficient (Wildman–Crippen LogP) is 3.07. The standard InChI is InChI=1S/C13H15ClN2O/c1-3-10(8-15)13(17)16-9(2)11-5-4-6-12(14)7-11/h4-7,9-10H,3H2,1-2H3,(H,16,17). The van der Waals surface area contributed by atoms with Crippen LogP contribution in [-0.4, -0.2) is 5.91 Å². The van der Waals surface area contributed by atoms with E-state index >= 15 is 0 Å². The molecule has 0 fully saturated rings. The van der Waals surface area contributed by atoms with E-state index in [4.69, 9.17) is 16.9 Å². The lowest BCUT2D eigenvalue weighted by Crippen LogP contribution is -2.31. The van der Waals surface area contributed by atoms with Crippen molar-refractivity contribution in [2.45, 2.75) is 26.3 Å². The van der Waals surface area contributed by atoms with Crippen molar-refractivity contribution >= 4 is 17.5 Å². The Hall–Kier alpha value is -1.53. The van der Waals surface area contributed by atoms with Crippen LogP contribution in [0.4, 0.5) is 0 Å². The quantitative estimate of drug-likeness (QED) is 0.893. The monoisotopic (exact) mass is 250 g/mol. The van der Waals surface area contributed by atoms with E-state index in [9.17, 15) is 4.79 Å². The molecule has 3 nitrogen and oxygen atoms in total. The summed E-state index contributed by atoms with van der Waals surface area (Å²) < 4.78 is 0. The molecule has 17 heavy (non-hydrogen) atoms. The van der Waals surface area contributed by atoms with Gasteiger partial charge in [0.2, 0.25) is 5.91 Å². The number of rotatable bonds is 4. The molecule has 1 aromatic carbocycles. The number of nitrogens with one attached hydrogen (secondary N) is 1. The van der Waals surface area contributed by atoms with Crippen LogP contribution < -0.4 is 5.32 Å². The highest BCUT2D eigenvalue weighted by Gasteiger charge is 2.18. The molecule has 0 bridgehead atoms. The molecule has 1 rings (SSSR count). The largest absolute Gasteiger partial charge is 0.348 e. The van der Waals surface area contributed by atoms with Crippen LogP contribution in [0.25, 0.3) is 0 Å². The molecular weight excluding hydrogens is 236 g/mol. The second kappa shape index (κ2) is 6.27. The molecule has 90 valence electrons. The maximum atomic E-state index is 11.7. The van der Waals surface area contributed by atoms with Crippen molar-refractivity contribution < 1.29 is 4.79 Å². The van der Waals surface area contributed by atoms with Gasteiger partial charge in [-0.3, -0.25) is 4.79 Å². The van der Waals surface area contributed by atoms with Gasteiger partial charge in [-0.15, -0.1) is 0 Å². The highest BCUT2D eigenvalue weighted by atomic mass is 35.5. The number of benzene rings is 1. The molecule has 0 aliphatic carbocycles. The first-order valence-electron chi connectivity index (χ1n) is 5.54. The van der Waals surface area contributed by atoms with Crippen molar-refractivity contribution in [2.24, 2.45) is 5.92 Å². The third-order valence-corrected chi connectivity index (χ3v) is 2.82. The van der Waals surface area contributed by atoms with Crippen molar-refractivity contribution in [3.63, 3.8) is 0 Å². The van der Waals surface area contributed by atoms with Crippen molar-refractivity contribution in [1.82, 2.24) is 5.32 Å². The molecule has 1 amide bonds. The van der Waals surface area contributed by atoms with Gasteiger partial charge >= 0.3 is 0 Å². The summed E-state index contributed by atoms with van der Waals surface area (Å²) in [5, 5.41) is 12.2. The first kappa shape index (κ1) is 13.5. The minimum atomic E-state index is -0.586. The van der Waals surface area contributed by atoms with E-state index in [0.717, 1.165) is 5.56 Å². The summed E-state index contributed by atoms with van der Waals surface area (Å²) in [6.07, 6.45) is 0.518. The minimum absolute atomic E-state index is 0.149. The number of nitrogens with zero attached hydrogens (tertiary/aromatic N) is 1. The second-order valence-corrected chi connectivity index (χ2v) is 4.31. The Balaban J connectivity index is 2.70. The summed E-state index contributed by atoms with van der Waals surface area (Å²) in [5.74, 6) is -0.820. The van der Waals surface area contributed by atoms with Gasteiger partial charge in [0.25, 0.3) is 0 Å². The van der Waals surface area contributed by atoms with E-state index in [2.05, 4.69) is 5.32 Å². The number of carbonyl (C=O) groups is 1. The average molecular weight is 251 g/mol. The molecular formula is C13H15ClN2O. The van der Waals surface area contributed by atoms with Crippen LogP contribution in [0.5, 0.6) is 0 Å². The third-order valence-electron chi connectivity index (χ3n) is 2.59. The Labute approximate surface area is 106 Å². The van der Waals surface area contributed by atoms with Gasteiger partial charge in [-0.05, 0) is 31.0 Å². The van der Waals surface area contributed by atoms with Gasteiger partial charge in [-0.2, -0.15) is 5.26 Å². The molecule has 0 aliphatic heterocycles. The van der Waals surface area contributed by atoms with Gasteiger partial charge in [0, 0.05) is 5.02 Å². The fourth-order valence-corrected chi connectivity index (χ4v) is 1.71. The fraction of sp³-hybridized carbons (Fsp3) is 0.385. The predicted molar refractivity (Wildman–Crippen MR) is 67.4 cm³/mol. The Morgan fingerprint density at radius 1 is 1.59 bits per heavy atom. The fourth-order valence-electron chi connectivity index (χ4n) is 1.51. The highest BCUT2D eigenvalue weighted by Crippen LogP contribution is 2.17. The Morgan fingerprint density at radius 3 is 2.82 bits per heavy atom. The number of carbonyl (C=O) groups excluding carboxylic acids is 1. The normalized spacial score (nSPS) is 13.5. The van der Waals surface area contributed by atoms with Crippen LogP contribution in [-0.2, 0) is 4.79 Å². The summed E-state index contributed by atoms with van der Waals surface area (Å²) in [4.78, 5) is 11.7. The molecule has 2 unspecified atom stereocenters. The van der Waals surface area contributed by atoms with Gasteiger partial charge in [0.1, 0.15) is 5.92 Å². The van der Waals surface area contributed by atoms with Crippen LogP contribution in [0.2, 0.25) is 5.02 Å². The van der Waals surface area contributed by atoms with Crippen LogP contribution in [0.3, 0.4) is 0 Å². The second-order valence-electron chi connectivity index (χ2n) is 3.88. The maximum absolute atomic E-state index is 11.7. The molecule has 0 saturated carbocycles. The zero-order chi connectivity index (χ0) is 12.8. The molecule has 0 aromatic heterocycles. The molecule has 0 radical (unpaired) electrons. The highest BCUT2D eigenvalue weighted by molar-refractivity contribution is 6.30. The van der Waals surface area contributed by atoms with Gasteiger partial charge in [0.05, 0.1) is 12.1 Å². The number of halogens is 1. The molecule has 2 atom stereocenters. The molecule has 0 spiro atoms. The lowest BCUT2D eigenvalue weighted by Gasteiger charge is -2.16. The smallest absolute Gasteiger partial charge is 0.237 e. The minimum Gasteiger partial charge on any atom is -0.348 e. The number of hydrogen-bond donors (Lipinski definition) is 1. The van der Waals surface area contributed by atoms with Gasteiger partial charge < -0.3 is 5.32 Å². The molecule has 0 aliphatic rings. The maximum Gasteiger partial charge on any atom is 0.237 e. The third kappa shape index (κ3) is 3.76. The van der Waals surface area contributed by atoms with E-state index in [1.807, 2.05) is 32.0 Å². The number of amides is 1. The van der Waals surface area contributed by atoms with E-state index in [1.54, 1.807) is 12.1 Å². The van der Waals surface area contributed by atoms with Crippen molar-refractivity contribution in [1.29, 1.82) is 5.26 Å². The van der Waals surface area contributed by atoms with Gasteiger partial charge in [0.15, 0.2) is 0 Å². The summed E-state index contributed by atoms with van der Waals surface area (Å²) in [7, 11) is 0. The summed E-state index contributed by atoms with van der Waals surface area (Å²) >= 11 is 5.88. The summed E-state index contributed by atoms with van der Waals surface area (Å²) in [6, 6.07) is 9.15. The van der Waals surface area contributed by atoms with E-state index in [-0.39, 0.29) is 11.9 Å². The number of hydrogen-bond acceptors (Lipinski definition) is 2. The van der Waals surface area contributed by atoms with Crippen molar-refractivity contribution in [2.75, 3.05) is 0 Å². The zero-order valence-corrected chi connectivity index (χ0v) is 10.7. The van der Waals surface area contributed by atoms with Gasteiger partial charge in [-0.25, -0.2) is 0 Å². The zero-order valence-electron chi connectivity index (χ0n) is 9.90.